The first-order chi connectivity index (χ1) is 56.0. The molecule has 8 aromatic heterocycles. The second kappa shape index (κ2) is 31.4. The van der Waals surface area contributed by atoms with Crippen LogP contribution in [0.4, 0.5) is 0 Å². The molecule has 0 radical (unpaired) electrons. The summed E-state index contributed by atoms with van der Waals surface area (Å²) < 4.78 is 0. The second-order valence-corrected chi connectivity index (χ2v) is 28.0. The molecule has 14 nitrogen and oxygen atoms in total. The molecule has 0 aliphatic carbocycles. The summed E-state index contributed by atoms with van der Waals surface area (Å²) in [6.07, 6.45) is 3.64. The smallest absolute Gasteiger partial charge is 0.423 e. The van der Waals surface area contributed by atoms with Crippen LogP contribution in [0.5, 0.6) is 0 Å². The Morgan fingerprint density at radius 2 is 0.579 bits per heavy atom. The molecule has 20 rings (SSSR count). The van der Waals surface area contributed by atoms with Gasteiger partial charge in [0.05, 0.1) is 38.8 Å². The average molecular weight is 1490 g/mol. The molecule has 540 valence electrons. The van der Waals surface area contributed by atoms with Crippen molar-refractivity contribution in [1.29, 1.82) is 0 Å². The number of pyridine rings is 6. The van der Waals surface area contributed by atoms with Crippen LogP contribution in [0, 0.1) is 13.8 Å². The number of fused-ring (bicyclic) bond motifs is 8. The molecule has 20 aromatic rings. The van der Waals surface area contributed by atoms with Gasteiger partial charge in [0, 0.05) is 106 Å². The SMILES string of the molecule is Cc1ccc2ccc3c(-c4ccccc4)cc(-c4ccc(-c5nc(-c6ccccc6)nc(-c6cccc(-c7cccc8cccnc78)c6)n5)cc4)nc3c2n1.Cc1ccc2ccc3c(-c4ccccc4)cc(Cl)nc3c2n1.OB(O)c1ccc(-c2nc(-c3ccccc3)nc(-c3cccc(-c4cccc5cccnc45)c3)n2)cc1. The van der Waals surface area contributed by atoms with Crippen molar-refractivity contribution in [3.8, 4) is 124 Å². The van der Waals surface area contributed by atoms with Crippen LogP contribution in [0.1, 0.15) is 11.4 Å². The largest absolute Gasteiger partial charge is 0.488 e. The number of rotatable bonds is 12. The van der Waals surface area contributed by atoms with E-state index in [1.54, 1.807) is 30.5 Å². The zero-order valence-electron chi connectivity index (χ0n) is 61.7. The third-order valence-corrected chi connectivity index (χ3v) is 20.3. The van der Waals surface area contributed by atoms with E-state index in [9.17, 15) is 10.0 Å². The number of nitrogens with zero attached hydrogens (tertiary/aromatic N) is 12. The van der Waals surface area contributed by atoms with E-state index in [4.69, 9.17) is 56.5 Å². The number of benzene rings is 12. The molecule has 0 bridgehead atoms. The molecular weight excluding hydrogens is 1420 g/mol. The normalized spacial score (nSPS) is 11.2. The molecule has 0 saturated carbocycles. The highest BCUT2D eigenvalue weighted by Gasteiger charge is 2.21. The Morgan fingerprint density at radius 3 is 1.03 bits per heavy atom. The van der Waals surface area contributed by atoms with Crippen molar-refractivity contribution in [2.24, 2.45) is 0 Å². The number of hydrogen-bond donors (Lipinski definition) is 2. The zero-order chi connectivity index (χ0) is 77.0. The summed E-state index contributed by atoms with van der Waals surface area (Å²) in [5.74, 6) is 3.41. The summed E-state index contributed by atoms with van der Waals surface area (Å²) in [6, 6.07) is 114. The third kappa shape index (κ3) is 14.8. The minimum Gasteiger partial charge on any atom is -0.423 e. The van der Waals surface area contributed by atoms with Crippen LogP contribution in [-0.2, 0) is 0 Å². The summed E-state index contributed by atoms with van der Waals surface area (Å²) in [6.45, 7) is 4.01. The summed E-state index contributed by atoms with van der Waals surface area (Å²) in [7, 11) is -1.53. The molecule has 12 aromatic carbocycles. The van der Waals surface area contributed by atoms with E-state index in [0.717, 1.165) is 166 Å². The van der Waals surface area contributed by atoms with Gasteiger partial charge in [0.2, 0.25) is 0 Å². The van der Waals surface area contributed by atoms with E-state index < -0.39 is 7.12 Å². The minimum absolute atomic E-state index is 0.401. The van der Waals surface area contributed by atoms with Crippen molar-refractivity contribution in [2.75, 3.05) is 0 Å². The van der Waals surface area contributed by atoms with Crippen LogP contribution in [0.3, 0.4) is 0 Å². The molecule has 0 unspecified atom stereocenters. The highest BCUT2D eigenvalue weighted by Crippen LogP contribution is 2.39. The van der Waals surface area contributed by atoms with Gasteiger partial charge in [-0.3, -0.25) is 19.9 Å². The molecule has 0 aliphatic heterocycles. The van der Waals surface area contributed by atoms with Crippen molar-refractivity contribution in [3.05, 3.63) is 369 Å². The lowest BCUT2D eigenvalue weighted by Crippen LogP contribution is -2.29. The van der Waals surface area contributed by atoms with Gasteiger partial charge in [0.1, 0.15) is 5.15 Å². The van der Waals surface area contributed by atoms with Crippen LogP contribution < -0.4 is 5.46 Å². The lowest BCUT2D eigenvalue weighted by molar-refractivity contribution is 0.426. The Morgan fingerprint density at radius 1 is 0.237 bits per heavy atom. The molecular formula is C98H66BClN12O2. The molecule has 2 N–H and O–H groups in total. The van der Waals surface area contributed by atoms with Gasteiger partial charge in [0.25, 0.3) is 0 Å². The first-order valence-corrected chi connectivity index (χ1v) is 37.7. The van der Waals surface area contributed by atoms with E-state index in [1.807, 2.05) is 160 Å². The lowest BCUT2D eigenvalue weighted by Gasteiger charge is -2.13. The molecule has 0 fully saturated rings. The Kier molecular flexibility index (Phi) is 19.6. The number of aryl methyl sites for hydroxylation is 2. The first-order valence-electron chi connectivity index (χ1n) is 37.3. The molecule has 0 aliphatic rings. The van der Waals surface area contributed by atoms with Gasteiger partial charge in [-0.1, -0.05) is 303 Å². The predicted molar refractivity (Wildman–Crippen MR) is 462 cm³/mol. The fraction of sp³-hybridized carbons (Fsp3) is 0.0204. The van der Waals surface area contributed by atoms with Crippen LogP contribution >= 0.6 is 11.6 Å². The zero-order valence-corrected chi connectivity index (χ0v) is 62.5. The van der Waals surface area contributed by atoms with Gasteiger partial charge >= 0.3 is 7.12 Å². The number of aromatic nitrogens is 12. The van der Waals surface area contributed by atoms with Crippen LogP contribution in [-0.4, -0.2) is 77.0 Å². The van der Waals surface area contributed by atoms with Crippen LogP contribution in [0.15, 0.2) is 352 Å². The van der Waals surface area contributed by atoms with E-state index in [0.29, 0.717) is 45.6 Å². The van der Waals surface area contributed by atoms with Crippen LogP contribution in [0.2, 0.25) is 5.15 Å². The maximum absolute atomic E-state index is 9.47. The molecule has 0 saturated heterocycles. The van der Waals surface area contributed by atoms with Gasteiger partial charge in [-0.15, -0.1) is 0 Å². The van der Waals surface area contributed by atoms with Crippen molar-refractivity contribution >= 4 is 89.6 Å². The van der Waals surface area contributed by atoms with Crippen molar-refractivity contribution in [3.63, 3.8) is 0 Å². The van der Waals surface area contributed by atoms with E-state index in [2.05, 4.69) is 191 Å². The Bertz CT molecular complexity index is 6980. The van der Waals surface area contributed by atoms with Crippen molar-refractivity contribution in [1.82, 2.24) is 59.8 Å². The number of hydrogen-bond acceptors (Lipinski definition) is 14. The highest BCUT2D eigenvalue weighted by molar-refractivity contribution is 6.58. The second-order valence-electron chi connectivity index (χ2n) is 27.6. The summed E-state index contributed by atoms with van der Waals surface area (Å²) >= 11 is 6.28. The van der Waals surface area contributed by atoms with Gasteiger partial charge in [0.15, 0.2) is 34.9 Å². The molecule has 0 amide bonds. The minimum atomic E-state index is -1.53. The molecule has 0 atom stereocenters. The summed E-state index contributed by atoms with van der Waals surface area (Å²) in [5.41, 5.74) is 23.4. The first kappa shape index (κ1) is 71.0. The fourth-order valence-electron chi connectivity index (χ4n) is 14.4. The van der Waals surface area contributed by atoms with Crippen molar-refractivity contribution < 1.29 is 10.0 Å². The quantitative estimate of drug-likeness (QED) is 0.0666. The maximum atomic E-state index is 9.47. The Balaban J connectivity index is 0.000000131. The monoisotopic (exact) mass is 1490 g/mol. The summed E-state index contributed by atoms with van der Waals surface area (Å²) in [5, 5.41) is 25.9. The van der Waals surface area contributed by atoms with Crippen molar-refractivity contribution in [2.45, 2.75) is 13.8 Å². The van der Waals surface area contributed by atoms with Crippen LogP contribution in [0.25, 0.3) is 190 Å². The number of halogens is 1. The lowest BCUT2D eigenvalue weighted by atomic mass is 9.80. The fourth-order valence-corrected chi connectivity index (χ4v) is 14.6. The molecule has 8 heterocycles. The van der Waals surface area contributed by atoms with Gasteiger partial charge in [-0.2, -0.15) is 0 Å². The Labute approximate surface area is 661 Å². The van der Waals surface area contributed by atoms with E-state index in [-0.39, 0.29) is 0 Å². The molecule has 16 heteroatoms. The molecule has 0 spiro atoms. The van der Waals surface area contributed by atoms with Gasteiger partial charge in [-0.25, -0.2) is 39.9 Å². The predicted octanol–water partition coefficient (Wildman–Crippen LogP) is 22.0. The third-order valence-electron chi connectivity index (χ3n) is 20.1. The van der Waals surface area contributed by atoms with Gasteiger partial charge in [-0.05, 0) is 101 Å². The molecule has 114 heavy (non-hydrogen) atoms. The number of para-hydroxylation sites is 2. The standard InChI is InChI=1S/C49H32N6.C30H21BN4O2.C19H13ClN2/c1-31-20-21-35-26-27-41-42(32-11-4-2-5-12-32)30-43(52-46(41)45(35)51-31)33-22-24-37(25-23-33)48-53-47(36-13-6-3-7-14-36)54-49(55-48)39-17-8-16-38(29-39)40-19-9-15-34-18-10-28-50-44(34)40;36-31(37)25-16-14-22(15-17-25)29-33-28(21-7-2-1-3-8-21)34-30(35-29)24-11-4-10-23(19-24)26-13-5-9-20-12-6-18-32-27(20)26;1-12-7-8-14-9-10-15-16(13-5-3-2-4-6-13)11-17(20)22-19(15)18(14)21-12/h2-30H,1H3;1-19,36-37H;2-11H,1H3. The van der Waals surface area contributed by atoms with E-state index in [1.165, 1.54) is 0 Å². The summed E-state index contributed by atoms with van der Waals surface area (Å²) in [4.78, 5) is 58.2. The average Bonchev–Trinajstić information content (AvgIpc) is 0.748. The highest BCUT2D eigenvalue weighted by atomic mass is 35.5. The van der Waals surface area contributed by atoms with E-state index >= 15 is 0 Å². The van der Waals surface area contributed by atoms with Gasteiger partial charge < -0.3 is 10.0 Å². The Hall–Kier alpha value is -14.6. The topological polar surface area (TPSA) is 195 Å². The maximum Gasteiger partial charge on any atom is 0.488 e.